The van der Waals surface area contributed by atoms with Gasteiger partial charge in [0.15, 0.2) is 5.52 Å². The van der Waals surface area contributed by atoms with Crippen molar-refractivity contribution in [1.82, 2.24) is 10.3 Å². The van der Waals surface area contributed by atoms with Crippen molar-refractivity contribution in [3.05, 3.63) is 44.5 Å². The second kappa shape index (κ2) is 7.71. The molecular weight excluding hydrogens is 376 g/mol. The summed E-state index contributed by atoms with van der Waals surface area (Å²) in [6.45, 7) is -0.223. The normalized spacial score (nSPS) is 10.6. The summed E-state index contributed by atoms with van der Waals surface area (Å²) in [6.07, 6.45) is 0. The van der Waals surface area contributed by atoms with E-state index in [0.717, 1.165) is 0 Å². The van der Waals surface area contributed by atoms with Crippen LogP contribution in [0, 0.1) is 20.2 Å². The predicted molar refractivity (Wildman–Crippen MR) is 97.0 cm³/mol. The molecule has 0 fully saturated rings. The number of fused-ring (bicyclic) bond motifs is 1. The van der Waals surface area contributed by atoms with Crippen LogP contribution in [0.5, 0.6) is 5.75 Å². The molecule has 0 atom stereocenters. The molecule has 0 saturated heterocycles. The number of ether oxygens (including phenoxy) is 1. The summed E-state index contributed by atoms with van der Waals surface area (Å²) in [7, 11) is 1.38. The van der Waals surface area contributed by atoms with Crippen molar-refractivity contribution in [1.29, 1.82) is 0 Å². The minimum Gasteiger partial charge on any atom is -0.496 e. The molecule has 13 nitrogen and oxygen atoms in total. The lowest BCUT2D eigenvalue weighted by Crippen LogP contribution is -2.08. The van der Waals surface area contributed by atoms with Crippen LogP contribution in [0.4, 0.5) is 28.4 Å². The van der Waals surface area contributed by atoms with Gasteiger partial charge in [-0.25, -0.2) is 4.63 Å². The maximum atomic E-state index is 11.5. The average molecular weight is 390 g/mol. The first-order valence-corrected chi connectivity index (χ1v) is 7.84. The number of rotatable bonds is 8. The highest BCUT2D eigenvalue weighted by molar-refractivity contribution is 6.01. The zero-order chi connectivity index (χ0) is 20.3. The van der Waals surface area contributed by atoms with Gasteiger partial charge in [0.25, 0.3) is 5.69 Å². The second-order valence-corrected chi connectivity index (χ2v) is 5.45. The van der Waals surface area contributed by atoms with Gasteiger partial charge in [0, 0.05) is 6.54 Å². The molecule has 1 aromatic heterocycles. The average Bonchev–Trinajstić information content (AvgIpc) is 3.15. The van der Waals surface area contributed by atoms with Crippen LogP contribution in [-0.4, -0.2) is 45.5 Å². The Morgan fingerprint density at radius 2 is 1.86 bits per heavy atom. The number of anilines is 3. The number of nitro groups is 2. The summed E-state index contributed by atoms with van der Waals surface area (Å²) < 4.78 is 9.63. The highest BCUT2D eigenvalue weighted by Crippen LogP contribution is 2.39. The van der Waals surface area contributed by atoms with E-state index in [0.29, 0.717) is 5.75 Å². The Bertz CT molecular complexity index is 1050. The molecule has 0 amide bonds. The standard InChI is InChI=1S/C15H14N6O7/c1-27-8-2-3-9(12(6-8)20(23)24)17-10-7-11(16-4-5-22)15(21(25)26)14-13(10)18-28-19-14/h2-3,6-7,16-17,22H,4-5H2,1H3. The van der Waals surface area contributed by atoms with E-state index < -0.39 is 9.85 Å². The van der Waals surface area contributed by atoms with E-state index in [9.17, 15) is 20.2 Å². The predicted octanol–water partition coefficient (Wildman–Crippen LogP) is 2.20. The highest BCUT2D eigenvalue weighted by Gasteiger charge is 2.27. The van der Waals surface area contributed by atoms with E-state index >= 15 is 0 Å². The molecule has 0 bridgehead atoms. The molecule has 0 unspecified atom stereocenters. The lowest BCUT2D eigenvalue weighted by atomic mass is 10.1. The van der Waals surface area contributed by atoms with Crippen LogP contribution in [0.1, 0.15) is 0 Å². The van der Waals surface area contributed by atoms with Crippen molar-refractivity contribution < 1.29 is 24.3 Å². The summed E-state index contributed by atoms with van der Waals surface area (Å²) in [6, 6.07) is 5.52. The van der Waals surface area contributed by atoms with E-state index in [1.54, 1.807) is 0 Å². The van der Waals surface area contributed by atoms with Gasteiger partial charge in [0.2, 0.25) is 5.52 Å². The summed E-state index contributed by atoms with van der Waals surface area (Å²) in [5, 5.41) is 44.6. The number of hydrogen-bond acceptors (Lipinski definition) is 11. The van der Waals surface area contributed by atoms with Gasteiger partial charge < -0.3 is 20.5 Å². The number of nitrogens with zero attached hydrogens (tertiary/aromatic N) is 4. The van der Waals surface area contributed by atoms with Gasteiger partial charge in [-0.15, -0.1) is 0 Å². The lowest BCUT2D eigenvalue weighted by Gasteiger charge is -2.11. The van der Waals surface area contributed by atoms with Gasteiger partial charge in [-0.2, -0.15) is 0 Å². The number of nitro benzene ring substituents is 2. The third-order valence-corrected chi connectivity index (χ3v) is 3.79. The first-order chi connectivity index (χ1) is 13.5. The fraction of sp³-hybridized carbons (Fsp3) is 0.200. The second-order valence-electron chi connectivity index (χ2n) is 5.45. The van der Waals surface area contributed by atoms with Gasteiger partial charge in [0.05, 0.1) is 35.3 Å². The molecular formula is C15H14N6O7. The Hall–Kier alpha value is -4.00. The van der Waals surface area contributed by atoms with Gasteiger partial charge in [0.1, 0.15) is 17.1 Å². The Kier molecular flexibility index (Phi) is 5.17. The smallest absolute Gasteiger partial charge is 0.323 e. The van der Waals surface area contributed by atoms with Crippen molar-refractivity contribution in [3.8, 4) is 5.75 Å². The minimum absolute atomic E-state index is 0.0198. The number of methoxy groups -OCH3 is 1. The summed E-state index contributed by atoms with van der Waals surface area (Å²) in [5.41, 5.74) is -0.446. The first-order valence-electron chi connectivity index (χ1n) is 7.84. The Labute approximate surface area is 156 Å². The number of nitrogens with one attached hydrogen (secondary N) is 2. The SMILES string of the molecule is COc1ccc(Nc2cc(NCCO)c([N+](=O)[O-])c3nonc23)c([N+](=O)[O-])c1. The molecule has 0 aliphatic rings. The van der Waals surface area contributed by atoms with Gasteiger partial charge in [-0.05, 0) is 28.5 Å². The molecule has 13 heteroatoms. The summed E-state index contributed by atoms with van der Waals surface area (Å²) in [5.74, 6) is 0.291. The van der Waals surface area contributed by atoms with Crippen molar-refractivity contribution in [2.75, 3.05) is 30.9 Å². The van der Waals surface area contributed by atoms with Gasteiger partial charge >= 0.3 is 5.69 Å². The van der Waals surface area contributed by atoms with E-state index in [4.69, 9.17) is 9.84 Å². The fourth-order valence-corrected chi connectivity index (χ4v) is 2.57. The van der Waals surface area contributed by atoms with E-state index in [1.165, 1.54) is 31.4 Å². The van der Waals surface area contributed by atoms with Crippen molar-refractivity contribution in [2.24, 2.45) is 0 Å². The van der Waals surface area contributed by atoms with Crippen LogP contribution >= 0.6 is 0 Å². The molecule has 3 N–H and O–H groups in total. The monoisotopic (exact) mass is 390 g/mol. The summed E-state index contributed by atoms with van der Waals surface area (Å²) in [4.78, 5) is 21.6. The number of benzene rings is 2. The van der Waals surface area contributed by atoms with Crippen molar-refractivity contribution in [3.63, 3.8) is 0 Å². The van der Waals surface area contributed by atoms with Crippen molar-refractivity contribution >= 4 is 39.5 Å². The molecule has 146 valence electrons. The van der Waals surface area contributed by atoms with E-state index in [2.05, 4.69) is 25.6 Å². The highest BCUT2D eigenvalue weighted by atomic mass is 16.6. The number of aromatic nitrogens is 2. The minimum atomic E-state index is -0.661. The molecule has 1 heterocycles. The lowest BCUT2D eigenvalue weighted by molar-refractivity contribution is -0.384. The molecule has 2 aromatic carbocycles. The maximum absolute atomic E-state index is 11.5. The van der Waals surface area contributed by atoms with Crippen LogP contribution < -0.4 is 15.4 Å². The van der Waals surface area contributed by atoms with E-state index in [1.807, 2.05) is 0 Å². The van der Waals surface area contributed by atoms with Gasteiger partial charge in [-0.1, -0.05) is 0 Å². The Morgan fingerprint density at radius 1 is 1.11 bits per heavy atom. The van der Waals surface area contributed by atoms with Crippen LogP contribution in [0.3, 0.4) is 0 Å². The molecule has 0 saturated carbocycles. The largest absolute Gasteiger partial charge is 0.496 e. The number of aliphatic hydroxyl groups excluding tert-OH is 1. The van der Waals surface area contributed by atoms with Crippen molar-refractivity contribution in [2.45, 2.75) is 0 Å². The molecule has 0 aliphatic heterocycles. The zero-order valence-corrected chi connectivity index (χ0v) is 14.4. The maximum Gasteiger partial charge on any atom is 0.323 e. The van der Waals surface area contributed by atoms with Gasteiger partial charge in [-0.3, -0.25) is 20.2 Å². The molecule has 3 aromatic rings. The number of aliphatic hydroxyl groups is 1. The molecule has 0 aliphatic carbocycles. The molecule has 3 rings (SSSR count). The van der Waals surface area contributed by atoms with Crippen LogP contribution in [0.2, 0.25) is 0 Å². The fourth-order valence-electron chi connectivity index (χ4n) is 2.57. The molecule has 0 radical (unpaired) electrons. The first kappa shape index (κ1) is 18.8. The quantitative estimate of drug-likeness (QED) is 0.379. The Morgan fingerprint density at radius 3 is 2.50 bits per heavy atom. The number of hydrogen-bond donors (Lipinski definition) is 3. The van der Waals surface area contributed by atoms with E-state index in [-0.39, 0.29) is 52.6 Å². The van der Waals surface area contributed by atoms with Crippen LogP contribution in [-0.2, 0) is 0 Å². The topological polar surface area (TPSA) is 179 Å². The Balaban J connectivity index is 2.14. The summed E-state index contributed by atoms with van der Waals surface area (Å²) >= 11 is 0. The zero-order valence-electron chi connectivity index (χ0n) is 14.4. The van der Waals surface area contributed by atoms with Crippen LogP contribution in [0.25, 0.3) is 11.0 Å². The molecule has 0 spiro atoms. The third-order valence-electron chi connectivity index (χ3n) is 3.79. The van der Waals surface area contributed by atoms with Crippen LogP contribution in [0.15, 0.2) is 28.9 Å². The third kappa shape index (κ3) is 3.45. The molecule has 28 heavy (non-hydrogen) atoms.